The highest BCUT2D eigenvalue weighted by Crippen LogP contribution is 2.25. The number of ether oxygens (including phenoxy) is 3. The normalized spacial score (nSPS) is 11.8. The molecule has 0 fully saturated rings. The molecule has 1 atom stereocenters. The quantitative estimate of drug-likeness (QED) is 0.675. The van der Waals surface area contributed by atoms with Crippen molar-refractivity contribution in [1.82, 2.24) is 0 Å². The summed E-state index contributed by atoms with van der Waals surface area (Å²) in [6, 6.07) is 15.3. The Morgan fingerprint density at radius 3 is 2.54 bits per heavy atom. The largest absolute Gasteiger partial charge is 0.489 e. The van der Waals surface area contributed by atoms with Crippen LogP contribution in [0.2, 0.25) is 5.02 Å². The van der Waals surface area contributed by atoms with Gasteiger partial charge in [-0.2, -0.15) is 0 Å². The molecule has 0 radical (unpaired) electrons. The molecule has 0 amide bonds. The topological polar surface area (TPSA) is 44.8 Å². The third kappa shape index (κ3) is 5.25. The molecule has 2 aromatic rings. The zero-order valence-corrected chi connectivity index (χ0v) is 14.6. The van der Waals surface area contributed by atoms with E-state index in [0.29, 0.717) is 30.4 Å². The molecule has 0 saturated heterocycles. The molecule has 0 heterocycles. The van der Waals surface area contributed by atoms with Gasteiger partial charge in [0, 0.05) is 18.1 Å². The number of carbonyl (C=O) groups excluding carboxylic acids is 1. The number of hydrogen-bond acceptors (Lipinski definition) is 4. The third-order valence-electron chi connectivity index (χ3n) is 3.51. The van der Waals surface area contributed by atoms with Crippen molar-refractivity contribution in [3.8, 4) is 5.75 Å². The molecular formula is C19H21ClO4. The first kappa shape index (κ1) is 18.3. The molecule has 0 spiro atoms. The van der Waals surface area contributed by atoms with Gasteiger partial charge < -0.3 is 14.2 Å². The number of halogens is 1. The predicted molar refractivity (Wildman–Crippen MR) is 93.4 cm³/mol. The number of rotatable bonds is 8. The van der Waals surface area contributed by atoms with Crippen LogP contribution in [0.5, 0.6) is 5.75 Å². The average molecular weight is 349 g/mol. The fourth-order valence-electron chi connectivity index (χ4n) is 2.27. The minimum absolute atomic E-state index is 0.359. The van der Waals surface area contributed by atoms with Gasteiger partial charge in [0.25, 0.3) is 0 Å². The molecule has 0 N–H and O–H groups in total. The van der Waals surface area contributed by atoms with Crippen LogP contribution < -0.4 is 4.74 Å². The van der Waals surface area contributed by atoms with Gasteiger partial charge in [-0.25, -0.2) is 4.79 Å². The van der Waals surface area contributed by atoms with Crippen molar-refractivity contribution in [2.45, 2.75) is 26.1 Å². The average Bonchev–Trinajstić information content (AvgIpc) is 2.61. The highest BCUT2D eigenvalue weighted by molar-refractivity contribution is 6.31. The van der Waals surface area contributed by atoms with Crippen LogP contribution in [0.25, 0.3) is 0 Å². The van der Waals surface area contributed by atoms with Gasteiger partial charge in [0.2, 0.25) is 0 Å². The summed E-state index contributed by atoms with van der Waals surface area (Å²) in [5.74, 6) is 0.274. The van der Waals surface area contributed by atoms with Gasteiger partial charge in [-0.3, -0.25) is 0 Å². The summed E-state index contributed by atoms with van der Waals surface area (Å²) in [5.41, 5.74) is 1.90. The molecule has 24 heavy (non-hydrogen) atoms. The maximum atomic E-state index is 11.7. The van der Waals surface area contributed by atoms with E-state index in [1.165, 1.54) is 7.11 Å². The standard InChI is InChI=1S/C19H21ClO4/c1-3-23-18(19(21)22-2)11-15-9-10-16(12-17(15)20)24-13-14-7-5-4-6-8-14/h4-10,12,18H,3,11,13H2,1-2H3. The predicted octanol–water partition coefficient (Wildman–Crippen LogP) is 4.04. The maximum absolute atomic E-state index is 11.7. The number of benzene rings is 2. The summed E-state index contributed by atoms with van der Waals surface area (Å²) in [6.07, 6.45) is -0.299. The minimum atomic E-state index is -0.659. The van der Waals surface area contributed by atoms with E-state index in [-0.39, 0.29) is 0 Å². The van der Waals surface area contributed by atoms with Gasteiger partial charge >= 0.3 is 5.97 Å². The van der Waals surface area contributed by atoms with E-state index < -0.39 is 12.1 Å². The molecule has 0 aliphatic carbocycles. The minimum Gasteiger partial charge on any atom is -0.489 e. The second kappa shape index (κ2) is 9.30. The number of methoxy groups -OCH3 is 1. The van der Waals surface area contributed by atoms with Crippen LogP contribution in [0.15, 0.2) is 48.5 Å². The number of esters is 1. The van der Waals surface area contributed by atoms with Crippen LogP contribution in [0.4, 0.5) is 0 Å². The SMILES string of the molecule is CCOC(Cc1ccc(OCc2ccccc2)cc1Cl)C(=O)OC. The first-order valence-corrected chi connectivity index (χ1v) is 8.16. The number of carbonyl (C=O) groups is 1. The zero-order chi connectivity index (χ0) is 17.4. The molecule has 0 aliphatic rings. The van der Waals surface area contributed by atoms with Gasteiger partial charge in [-0.05, 0) is 30.2 Å². The van der Waals surface area contributed by atoms with E-state index in [2.05, 4.69) is 0 Å². The molecule has 0 aromatic heterocycles. The lowest BCUT2D eigenvalue weighted by Gasteiger charge is -2.16. The lowest BCUT2D eigenvalue weighted by molar-refractivity contribution is -0.153. The summed E-state index contributed by atoms with van der Waals surface area (Å²) in [7, 11) is 1.34. The second-order valence-electron chi connectivity index (χ2n) is 5.20. The maximum Gasteiger partial charge on any atom is 0.335 e. The second-order valence-corrected chi connectivity index (χ2v) is 5.61. The smallest absolute Gasteiger partial charge is 0.335 e. The van der Waals surface area contributed by atoms with E-state index >= 15 is 0 Å². The summed E-state index contributed by atoms with van der Waals surface area (Å²) >= 11 is 6.32. The Hall–Kier alpha value is -2.04. The fraction of sp³-hybridized carbons (Fsp3) is 0.316. The van der Waals surface area contributed by atoms with Crippen LogP contribution in [0, 0.1) is 0 Å². The van der Waals surface area contributed by atoms with Crippen LogP contribution >= 0.6 is 11.6 Å². The van der Waals surface area contributed by atoms with Crippen molar-refractivity contribution in [2.24, 2.45) is 0 Å². The molecule has 128 valence electrons. The van der Waals surface area contributed by atoms with Crippen molar-refractivity contribution >= 4 is 17.6 Å². The Kier molecular flexibility index (Phi) is 7.09. The first-order valence-electron chi connectivity index (χ1n) is 7.78. The molecule has 0 saturated carbocycles. The van der Waals surface area contributed by atoms with Crippen molar-refractivity contribution < 1.29 is 19.0 Å². The molecule has 2 aromatic carbocycles. The van der Waals surface area contributed by atoms with E-state index in [0.717, 1.165) is 11.1 Å². The monoisotopic (exact) mass is 348 g/mol. The third-order valence-corrected chi connectivity index (χ3v) is 3.86. The molecule has 1 unspecified atom stereocenters. The van der Waals surface area contributed by atoms with Crippen molar-refractivity contribution in [3.63, 3.8) is 0 Å². The summed E-state index contributed by atoms with van der Waals surface area (Å²) in [5, 5.41) is 0.536. The molecular weight excluding hydrogens is 328 g/mol. The van der Waals surface area contributed by atoms with Crippen LogP contribution in [0.3, 0.4) is 0 Å². The Balaban J connectivity index is 2.01. The Morgan fingerprint density at radius 2 is 1.92 bits per heavy atom. The van der Waals surface area contributed by atoms with Crippen molar-refractivity contribution in [3.05, 3.63) is 64.7 Å². The van der Waals surface area contributed by atoms with Gasteiger partial charge in [-0.1, -0.05) is 48.0 Å². The first-order chi connectivity index (χ1) is 11.6. The van der Waals surface area contributed by atoms with Crippen molar-refractivity contribution in [2.75, 3.05) is 13.7 Å². The lowest BCUT2D eigenvalue weighted by Crippen LogP contribution is -2.28. The molecule has 5 heteroatoms. The highest BCUT2D eigenvalue weighted by atomic mass is 35.5. The zero-order valence-electron chi connectivity index (χ0n) is 13.8. The highest BCUT2D eigenvalue weighted by Gasteiger charge is 2.21. The van der Waals surface area contributed by atoms with Gasteiger partial charge in [-0.15, -0.1) is 0 Å². The van der Waals surface area contributed by atoms with E-state index in [1.54, 1.807) is 6.07 Å². The molecule has 2 rings (SSSR count). The Morgan fingerprint density at radius 1 is 1.17 bits per heavy atom. The Labute approximate surface area is 147 Å². The fourth-order valence-corrected chi connectivity index (χ4v) is 2.51. The summed E-state index contributed by atoms with van der Waals surface area (Å²) in [4.78, 5) is 11.7. The van der Waals surface area contributed by atoms with Gasteiger partial charge in [0.05, 0.1) is 7.11 Å². The van der Waals surface area contributed by atoms with Gasteiger partial charge in [0.1, 0.15) is 12.4 Å². The van der Waals surface area contributed by atoms with E-state index in [9.17, 15) is 4.79 Å². The van der Waals surface area contributed by atoms with E-state index in [4.69, 9.17) is 25.8 Å². The molecule has 4 nitrogen and oxygen atoms in total. The van der Waals surface area contributed by atoms with Gasteiger partial charge in [0.15, 0.2) is 6.10 Å². The van der Waals surface area contributed by atoms with Crippen LogP contribution in [-0.4, -0.2) is 25.8 Å². The molecule has 0 aliphatic heterocycles. The summed E-state index contributed by atoms with van der Waals surface area (Å²) < 4.78 is 15.9. The van der Waals surface area contributed by atoms with E-state index in [1.807, 2.05) is 49.4 Å². The summed E-state index contributed by atoms with van der Waals surface area (Å²) in [6.45, 7) is 2.73. The lowest BCUT2D eigenvalue weighted by atomic mass is 10.1. The number of hydrogen-bond donors (Lipinski definition) is 0. The molecule has 0 bridgehead atoms. The van der Waals surface area contributed by atoms with Crippen molar-refractivity contribution in [1.29, 1.82) is 0 Å². The van der Waals surface area contributed by atoms with Crippen LogP contribution in [0.1, 0.15) is 18.1 Å². The Bertz CT molecular complexity index is 658. The van der Waals surface area contributed by atoms with Crippen LogP contribution in [-0.2, 0) is 27.3 Å².